The Balaban J connectivity index is 2.24. The van der Waals surface area contributed by atoms with E-state index in [0.717, 1.165) is 0 Å². The Bertz CT molecular complexity index is 873. The zero-order valence-corrected chi connectivity index (χ0v) is 11.3. The number of anilines is 1. The molecule has 0 atom stereocenters. The van der Waals surface area contributed by atoms with Crippen molar-refractivity contribution in [3.05, 3.63) is 57.7 Å². The van der Waals surface area contributed by atoms with E-state index < -0.39 is 5.82 Å². The molecule has 2 aromatic heterocycles. The number of nitrogens with two attached hydrogens (primary N) is 1. The summed E-state index contributed by atoms with van der Waals surface area (Å²) in [5.41, 5.74) is 7.29. The van der Waals surface area contributed by atoms with Gasteiger partial charge in [0.1, 0.15) is 11.5 Å². The molecule has 0 amide bonds. The Morgan fingerprint density at radius 1 is 1.29 bits per heavy atom. The average Bonchev–Trinajstić information content (AvgIpc) is 2.81. The van der Waals surface area contributed by atoms with Gasteiger partial charge in [0.25, 0.3) is 0 Å². The van der Waals surface area contributed by atoms with E-state index in [1.807, 2.05) is 0 Å². The molecule has 0 fully saturated rings. The van der Waals surface area contributed by atoms with Gasteiger partial charge >= 0.3 is 0 Å². The second kappa shape index (κ2) is 5.06. The zero-order chi connectivity index (χ0) is 15.0. The van der Waals surface area contributed by atoms with Crippen molar-refractivity contribution in [3.8, 4) is 22.4 Å². The third-order valence-corrected chi connectivity index (χ3v) is 3.28. The first-order valence-electron chi connectivity index (χ1n) is 5.96. The van der Waals surface area contributed by atoms with Gasteiger partial charge < -0.3 is 15.2 Å². The number of nitrogen functional groups attached to an aromatic ring is 1. The summed E-state index contributed by atoms with van der Waals surface area (Å²) in [6.45, 7) is 0. The van der Waals surface area contributed by atoms with Crippen LogP contribution < -0.4 is 11.3 Å². The van der Waals surface area contributed by atoms with E-state index in [4.69, 9.17) is 21.9 Å². The number of halogens is 2. The molecule has 5 nitrogen and oxygen atoms in total. The summed E-state index contributed by atoms with van der Waals surface area (Å²) >= 11 is 6.05. The molecule has 0 spiro atoms. The molecule has 3 N–H and O–H groups in total. The highest BCUT2D eigenvalue weighted by Gasteiger charge is 2.20. The number of H-pyrrole nitrogens is 1. The summed E-state index contributed by atoms with van der Waals surface area (Å²) < 4.78 is 18.2. The van der Waals surface area contributed by atoms with Gasteiger partial charge in [-0.15, -0.1) is 0 Å². The molecular weight excluding hydrogens is 297 g/mol. The molecule has 0 bridgehead atoms. The number of hydrogen-bond donors (Lipinski definition) is 2. The molecule has 0 aliphatic rings. The van der Waals surface area contributed by atoms with Crippen molar-refractivity contribution < 1.29 is 8.91 Å². The van der Waals surface area contributed by atoms with Crippen molar-refractivity contribution in [2.24, 2.45) is 0 Å². The van der Waals surface area contributed by atoms with Crippen molar-refractivity contribution >= 4 is 17.5 Å². The fourth-order valence-corrected chi connectivity index (χ4v) is 2.31. The van der Waals surface area contributed by atoms with Crippen LogP contribution in [0.2, 0.25) is 5.02 Å². The predicted molar refractivity (Wildman–Crippen MR) is 77.4 cm³/mol. The number of hydrogen-bond acceptors (Lipinski definition) is 4. The molecule has 0 radical (unpaired) electrons. The van der Waals surface area contributed by atoms with Crippen LogP contribution in [0.4, 0.5) is 10.3 Å². The Hall–Kier alpha value is -2.60. The lowest BCUT2D eigenvalue weighted by molar-refractivity contribution is 0.439. The minimum absolute atomic E-state index is 0.0405. The van der Waals surface area contributed by atoms with Gasteiger partial charge in [-0.2, -0.15) is 0 Å². The van der Waals surface area contributed by atoms with Gasteiger partial charge in [0.05, 0.1) is 10.6 Å². The molecule has 3 rings (SSSR count). The molecule has 1 aromatic carbocycles. The second-order valence-electron chi connectivity index (χ2n) is 4.34. The third-order valence-electron chi connectivity index (χ3n) is 2.97. The zero-order valence-electron chi connectivity index (χ0n) is 10.6. The molecule has 106 valence electrons. The fourth-order valence-electron chi connectivity index (χ4n) is 2.04. The fraction of sp³-hybridized carbons (Fsp3) is 0. The van der Waals surface area contributed by atoms with Crippen LogP contribution in [-0.2, 0) is 0 Å². The molecule has 3 aromatic rings. The molecule has 7 heteroatoms. The van der Waals surface area contributed by atoms with Crippen LogP contribution in [0.3, 0.4) is 0 Å². The summed E-state index contributed by atoms with van der Waals surface area (Å²) in [7, 11) is 0. The number of pyridine rings is 1. The largest absolute Gasteiger partial charge is 0.367 e. The summed E-state index contributed by atoms with van der Waals surface area (Å²) in [5.74, 6) is -0.421. The van der Waals surface area contributed by atoms with Crippen molar-refractivity contribution in [3.63, 3.8) is 0 Å². The first-order chi connectivity index (χ1) is 10.1. The summed E-state index contributed by atoms with van der Waals surface area (Å²) in [6, 6.07) is 6.93. The lowest BCUT2D eigenvalue weighted by atomic mass is 10.0. The first-order valence-corrected chi connectivity index (χ1v) is 6.34. The highest BCUT2D eigenvalue weighted by Crippen LogP contribution is 2.39. The molecule has 0 saturated carbocycles. The Labute approximate surface area is 123 Å². The second-order valence-corrected chi connectivity index (χ2v) is 4.74. The summed E-state index contributed by atoms with van der Waals surface area (Å²) in [6.07, 6.45) is 1.48. The van der Waals surface area contributed by atoms with Gasteiger partial charge in [0.15, 0.2) is 0 Å². The SMILES string of the molecule is Nc1onc(-c2cc[nH]c(=O)c2)c1-c1ccc(F)cc1Cl. The third kappa shape index (κ3) is 2.41. The van der Waals surface area contributed by atoms with Crippen LogP contribution in [-0.4, -0.2) is 10.1 Å². The molecule has 0 aliphatic heterocycles. The molecular formula is C14H9ClFN3O2. The van der Waals surface area contributed by atoms with Crippen molar-refractivity contribution in [2.75, 3.05) is 5.73 Å². The van der Waals surface area contributed by atoms with Crippen LogP contribution in [0.15, 0.2) is 45.8 Å². The van der Waals surface area contributed by atoms with E-state index >= 15 is 0 Å². The predicted octanol–water partition coefficient (Wildman–Crippen LogP) is 3.07. The topological polar surface area (TPSA) is 84.9 Å². The van der Waals surface area contributed by atoms with Gasteiger partial charge in [-0.25, -0.2) is 4.39 Å². The molecule has 0 unspecified atom stereocenters. The van der Waals surface area contributed by atoms with E-state index in [9.17, 15) is 9.18 Å². The minimum Gasteiger partial charge on any atom is -0.367 e. The van der Waals surface area contributed by atoms with Crippen LogP contribution in [0.5, 0.6) is 0 Å². The van der Waals surface area contributed by atoms with Gasteiger partial charge in [-0.3, -0.25) is 4.79 Å². The van der Waals surface area contributed by atoms with E-state index in [1.165, 1.54) is 30.5 Å². The highest BCUT2D eigenvalue weighted by atomic mass is 35.5. The van der Waals surface area contributed by atoms with Crippen LogP contribution in [0.25, 0.3) is 22.4 Å². The molecule has 21 heavy (non-hydrogen) atoms. The van der Waals surface area contributed by atoms with Crippen molar-refractivity contribution in [1.82, 2.24) is 10.1 Å². The molecule has 0 aliphatic carbocycles. The highest BCUT2D eigenvalue weighted by molar-refractivity contribution is 6.33. The van der Waals surface area contributed by atoms with E-state index in [1.54, 1.807) is 6.07 Å². The molecule has 2 heterocycles. The van der Waals surface area contributed by atoms with Gasteiger partial charge in [-0.05, 0) is 24.3 Å². The lowest BCUT2D eigenvalue weighted by Crippen LogP contribution is -2.02. The number of aromatic nitrogens is 2. The molecule has 0 saturated heterocycles. The van der Waals surface area contributed by atoms with Crippen LogP contribution in [0, 0.1) is 5.82 Å². The maximum Gasteiger partial charge on any atom is 0.248 e. The smallest absolute Gasteiger partial charge is 0.248 e. The number of nitrogens with one attached hydrogen (secondary N) is 1. The van der Waals surface area contributed by atoms with E-state index in [2.05, 4.69) is 10.1 Å². The standard InChI is InChI=1S/C14H9ClFN3O2/c15-10-6-8(16)1-2-9(10)12-13(19-21-14(12)17)7-3-4-18-11(20)5-7/h1-6H,17H2,(H,18,20). The maximum atomic E-state index is 13.2. The maximum absolute atomic E-state index is 13.2. The number of rotatable bonds is 2. The van der Waals surface area contributed by atoms with Crippen molar-refractivity contribution in [2.45, 2.75) is 0 Å². The van der Waals surface area contributed by atoms with Crippen LogP contribution >= 0.6 is 11.6 Å². The van der Waals surface area contributed by atoms with Gasteiger partial charge in [-0.1, -0.05) is 16.8 Å². The van der Waals surface area contributed by atoms with Gasteiger partial charge in [0.2, 0.25) is 11.4 Å². The number of nitrogens with zero attached hydrogens (tertiary/aromatic N) is 1. The Morgan fingerprint density at radius 2 is 2.10 bits per heavy atom. The minimum atomic E-state index is -0.462. The summed E-state index contributed by atoms with van der Waals surface area (Å²) in [4.78, 5) is 13.9. The Kier molecular flexibility index (Phi) is 3.23. The van der Waals surface area contributed by atoms with Gasteiger partial charge in [0, 0.05) is 23.4 Å². The van der Waals surface area contributed by atoms with E-state index in [-0.39, 0.29) is 16.5 Å². The van der Waals surface area contributed by atoms with E-state index in [0.29, 0.717) is 22.4 Å². The number of benzene rings is 1. The Morgan fingerprint density at radius 3 is 2.81 bits per heavy atom. The summed E-state index contributed by atoms with van der Waals surface area (Å²) in [5, 5.41) is 4.04. The van der Waals surface area contributed by atoms with Crippen LogP contribution in [0.1, 0.15) is 0 Å². The quantitative estimate of drug-likeness (QED) is 0.762. The lowest BCUT2D eigenvalue weighted by Gasteiger charge is -2.05. The first kappa shape index (κ1) is 13.4. The van der Waals surface area contributed by atoms with Crippen molar-refractivity contribution in [1.29, 1.82) is 0 Å². The monoisotopic (exact) mass is 305 g/mol. The number of aromatic amines is 1. The average molecular weight is 306 g/mol. The normalized spacial score (nSPS) is 10.8.